The summed E-state index contributed by atoms with van der Waals surface area (Å²) in [6, 6.07) is 0. The fourth-order valence-corrected chi connectivity index (χ4v) is 2.45. The average Bonchev–Trinajstić information content (AvgIpc) is 2.68. The molecule has 0 aromatic carbocycles. The lowest BCUT2D eigenvalue weighted by molar-refractivity contribution is 0.0613. The third-order valence-corrected chi connectivity index (χ3v) is 3.92. The van der Waals surface area contributed by atoms with Crippen LogP contribution in [0.4, 0.5) is 5.82 Å². The van der Waals surface area contributed by atoms with Crippen LogP contribution in [0.15, 0.2) is 11.1 Å². The lowest BCUT2D eigenvalue weighted by Gasteiger charge is -2.22. The Labute approximate surface area is 107 Å². The van der Waals surface area contributed by atoms with Crippen molar-refractivity contribution in [1.82, 2.24) is 9.97 Å². The molecule has 1 aliphatic carbocycles. The van der Waals surface area contributed by atoms with E-state index in [9.17, 15) is 9.90 Å². The van der Waals surface area contributed by atoms with Gasteiger partial charge in [-0.3, -0.25) is 4.79 Å². The Morgan fingerprint density at radius 3 is 2.94 bits per heavy atom. The highest BCUT2D eigenvalue weighted by molar-refractivity contribution is 14.1. The molecule has 0 saturated heterocycles. The number of anilines is 1. The van der Waals surface area contributed by atoms with E-state index in [-0.39, 0.29) is 5.56 Å². The summed E-state index contributed by atoms with van der Waals surface area (Å²) in [5, 5.41) is 13.2. The van der Waals surface area contributed by atoms with Crippen molar-refractivity contribution in [3.8, 4) is 0 Å². The van der Waals surface area contributed by atoms with Gasteiger partial charge in [0.1, 0.15) is 9.39 Å². The van der Waals surface area contributed by atoms with Crippen molar-refractivity contribution < 1.29 is 5.11 Å². The van der Waals surface area contributed by atoms with Crippen LogP contribution in [0.25, 0.3) is 0 Å². The molecule has 0 unspecified atom stereocenters. The minimum absolute atomic E-state index is 0.156. The Hall–Kier alpha value is -0.630. The molecule has 0 atom stereocenters. The maximum atomic E-state index is 11.3. The molecule has 0 aliphatic heterocycles. The van der Waals surface area contributed by atoms with Gasteiger partial charge >= 0.3 is 0 Å². The van der Waals surface area contributed by atoms with Gasteiger partial charge in [0.15, 0.2) is 0 Å². The first-order valence-corrected chi connectivity index (χ1v) is 6.38. The minimum Gasteiger partial charge on any atom is -0.388 e. The van der Waals surface area contributed by atoms with E-state index < -0.39 is 5.60 Å². The van der Waals surface area contributed by atoms with Crippen LogP contribution < -0.4 is 10.9 Å². The van der Waals surface area contributed by atoms with E-state index in [1.807, 2.05) is 22.6 Å². The summed E-state index contributed by atoms with van der Waals surface area (Å²) in [4.78, 5) is 17.9. The summed E-state index contributed by atoms with van der Waals surface area (Å²) in [6.45, 7) is 0.458. The van der Waals surface area contributed by atoms with E-state index in [1.54, 1.807) is 0 Å². The monoisotopic (exact) mass is 335 g/mol. The molecule has 1 saturated carbocycles. The minimum atomic E-state index is -0.632. The van der Waals surface area contributed by atoms with Gasteiger partial charge in [0.25, 0.3) is 5.56 Å². The number of halogens is 1. The zero-order valence-corrected chi connectivity index (χ0v) is 11.0. The summed E-state index contributed by atoms with van der Waals surface area (Å²) in [5.74, 6) is 0.546. The average molecular weight is 335 g/mol. The fourth-order valence-electron chi connectivity index (χ4n) is 1.96. The second-order valence-corrected chi connectivity index (χ2v) is 5.26. The van der Waals surface area contributed by atoms with Crippen LogP contribution in [0.3, 0.4) is 0 Å². The van der Waals surface area contributed by atoms with Gasteiger partial charge in [0, 0.05) is 6.54 Å². The highest BCUT2D eigenvalue weighted by atomic mass is 127. The Balaban J connectivity index is 2.04. The van der Waals surface area contributed by atoms with Gasteiger partial charge in [-0.2, -0.15) is 0 Å². The van der Waals surface area contributed by atoms with E-state index in [0.29, 0.717) is 15.9 Å². The summed E-state index contributed by atoms with van der Waals surface area (Å²) in [5.41, 5.74) is -0.788. The number of H-pyrrole nitrogens is 1. The first kappa shape index (κ1) is 11.8. The molecule has 0 amide bonds. The lowest BCUT2D eigenvalue weighted by Crippen LogP contribution is -2.34. The first-order valence-electron chi connectivity index (χ1n) is 5.30. The van der Waals surface area contributed by atoms with Gasteiger partial charge in [-0.25, -0.2) is 4.98 Å². The zero-order chi connectivity index (χ0) is 11.6. The van der Waals surface area contributed by atoms with E-state index in [1.165, 1.54) is 6.33 Å². The van der Waals surface area contributed by atoms with Gasteiger partial charge < -0.3 is 15.4 Å². The smallest absolute Gasteiger partial charge is 0.266 e. The summed E-state index contributed by atoms with van der Waals surface area (Å²) < 4.78 is 0.529. The van der Waals surface area contributed by atoms with E-state index in [4.69, 9.17) is 0 Å². The van der Waals surface area contributed by atoms with Gasteiger partial charge in [-0.15, -0.1) is 0 Å². The van der Waals surface area contributed by atoms with E-state index >= 15 is 0 Å². The molecular formula is C10H14IN3O2. The number of hydrogen-bond donors (Lipinski definition) is 3. The third kappa shape index (κ3) is 2.54. The molecule has 0 bridgehead atoms. The van der Waals surface area contributed by atoms with Crippen molar-refractivity contribution >= 4 is 28.4 Å². The van der Waals surface area contributed by atoms with Crippen molar-refractivity contribution in [2.75, 3.05) is 11.9 Å². The van der Waals surface area contributed by atoms with Crippen LogP contribution in [0, 0.1) is 3.57 Å². The van der Waals surface area contributed by atoms with Gasteiger partial charge in [0.2, 0.25) is 0 Å². The number of nitrogens with zero attached hydrogens (tertiary/aromatic N) is 1. The van der Waals surface area contributed by atoms with E-state index in [0.717, 1.165) is 25.7 Å². The van der Waals surface area contributed by atoms with E-state index in [2.05, 4.69) is 15.3 Å². The molecule has 1 fully saturated rings. The predicted octanol–water partition coefficient (Wildman–Crippen LogP) is 1.09. The molecule has 3 N–H and O–H groups in total. The van der Waals surface area contributed by atoms with Crippen molar-refractivity contribution in [3.63, 3.8) is 0 Å². The molecule has 0 spiro atoms. The van der Waals surface area contributed by atoms with Crippen LogP contribution in [0.2, 0.25) is 0 Å². The van der Waals surface area contributed by atoms with Crippen molar-refractivity contribution in [3.05, 3.63) is 20.3 Å². The number of aliphatic hydroxyl groups is 1. The maximum absolute atomic E-state index is 11.3. The molecule has 1 aliphatic rings. The van der Waals surface area contributed by atoms with Crippen LogP contribution in [-0.2, 0) is 0 Å². The topological polar surface area (TPSA) is 78.0 Å². The number of rotatable bonds is 3. The molecule has 1 aromatic heterocycles. The van der Waals surface area contributed by atoms with Crippen molar-refractivity contribution in [2.45, 2.75) is 31.3 Å². The Kier molecular flexibility index (Phi) is 3.48. The molecule has 0 radical (unpaired) electrons. The summed E-state index contributed by atoms with van der Waals surface area (Å²) in [7, 11) is 0. The lowest BCUT2D eigenvalue weighted by atomic mass is 10.0. The summed E-state index contributed by atoms with van der Waals surface area (Å²) >= 11 is 1.95. The number of aromatic nitrogens is 2. The zero-order valence-electron chi connectivity index (χ0n) is 8.79. The first-order chi connectivity index (χ1) is 7.61. The molecule has 6 heteroatoms. The van der Waals surface area contributed by atoms with Gasteiger partial charge in [0.05, 0.1) is 11.9 Å². The van der Waals surface area contributed by atoms with Crippen molar-refractivity contribution in [2.24, 2.45) is 0 Å². The number of hydrogen-bond acceptors (Lipinski definition) is 4. The highest BCUT2D eigenvalue weighted by Gasteiger charge is 2.30. The second-order valence-electron chi connectivity index (χ2n) is 4.18. The second kappa shape index (κ2) is 4.70. The molecular weight excluding hydrogens is 321 g/mol. The van der Waals surface area contributed by atoms with Crippen LogP contribution in [0.1, 0.15) is 25.7 Å². The fraction of sp³-hybridized carbons (Fsp3) is 0.600. The van der Waals surface area contributed by atoms with Crippen LogP contribution >= 0.6 is 22.6 Å². The third-order valence-electron chi connectivity index (χ3n) is 2.92. The van der Waals surface area contributed by atoms with Crippen molar-refractivity contribution in [1.29, 1.82) is 0 Å². The Morgan fingerprint density at radius 2 is 2.25 bits per heavy atom. The van der Waals surface area contributed by atoms with Crippen LogP contribution in [-0.4, -0.2) is 27.2 Å². The number of aromatic amines is 1. The standard InChI is InChI=1S/C10H14IN3O2/c11-7-8(13-6-14-9(7)15)12-5-10(16)3-1-2-4-10/h6,16H,1-5H2,(H2,12,13,14,15). The molecule has 88 valence electrons. The number of nitrogens with one attached hydrogen (secondary N) is 2. The normalized spacial score (nSPS) is 18.6. The maximum Gasteiger partial charge on any atom is 0.266 e. The SMILES string of the molecule is O=c1[nH]cnc(NCC2(O)CCCC2)c1I. The highest BCUT2D eigenvalue weighted by Crippen LogP contribution is 2.29. The quantitative estimate of drug-likeness (QED) is 0.723. The van der Waals surface area contributed by atoms with Crippen LogP contribution in [0.5, 0.6) is 0 Å². The Morgan fingerprint density at radius 1 is 1.56 bits per heavy atom. The Bertz CT molecular complexity index is 426. The molecule has 16 heavy (non-hydrogen) atoms. The molecule has 2 rings (SSSR count). The molecule has 1 aromatic rings. The summed E-state index contributed by atoms with van der Waals surface area (Å²) in [6.07, 6.45) is 5.14. The molecule has 1 heterocycles. The van der Waals surface area contributed by atoms with Gasteiger partial charge in [-0.1, -0.05) is 12.8 Å². The predicted molar refractivity (Wildman–Crippen MR) is 69.5 cm³/mol. The largest absolute Gasteiger partial charge is 0.388 e. The van der Waals surface area contributed by atoms with Gasteiger partial charge in [-0.05, 0) is 35.4 Å². The molecule has 5 nitrogen and oxygen atoms in total.